The Hall–Kier alpha value is -3.61. The number of carboxylic acid groups (broad SMARTS) is 1. The Morgan fingerprint density at radius 3 is 2.57 bits per heavy atom. The number of hydrogen-bond acceptors (Lipinski definition) is 8. The largest absolute Gasteiger partial charge is 0.484 e. The molecule has 3 amide bonds. The molecule has 1 aromatic heterocycles. The number of thioether (sulfide) groups is 1. The van der Waals surface area contributed by atoms with Gasteiger partial charge in [-0.1, -0.05) is 35.1 Å². The fourth-order valence-corrected chi connectivity index (χ4v) is 10.8. The number of imide groups is 1. The standard InChI is InChI=1S/C31H28ClN3O7S2/c32-15-6-8-16(9-7-15)33-20(36)13-42-17-4-1-3-14(11-17)22-23-18-12-19(26(23)43-28-27(22)44-31(41)34-28)25-24(18)29(39)35(30(25)40)10-2-5-21(37)38/h1,3-4,6-9,11,18-19,22-26H,2,5,10,12-13H2,(H,33,36)(H,34,41)(H,37,38)/t18?,19?,22-,23?,24?,25?,26?/m1/s1. The maximum atomic E-state index is 13.6. The Bertz CT molecular complexity index is 1720. The van der Waals surface area contributed by atoms with E-state index >= 15 is 0 Å². The highest BCUT2D eigenvalue weighted by atomic mass is 35.5. The summed E-state index contributed by atoms with van der Waals surface area (Å²) in [6.45, 7) is -0.0852. The van der Waals surface area contributed by atoms with E-state index in [0.717, 1.165) is 21.9 Å². The molecule has 2 saturated carbocycles. The number of hydrogen-bond donors (Lipinski definition) is 3. The van der Waals surface area contributed by atoms with Crippen LogP contribution in [-0.2, 0) is 19.2 Å². The molecule has 2 aliphatic carbocycles. The topological polar surface area (TPSA) is 146 Å². The Balaban J connectivity index is 1.14. The minimum Gasteiger partial charge on any atom is -0.484 e. The minimum absolute atomic E-state index is 0.0176. The summed E-state index contributed by atoms with van der Waals surface area (Å²) in [6.07, 6.45) is 0.890. The van der Waals surface area contributed by atoms with Gasteiger partial charge in [-0.15, -0.1) is 11.8 Å². The van der Waals surface area contributed by atoms with Crippen LogP contribution in [0, 0.1) is 29.6 Å². The average Bonchev–Trinajstić information content (AvgIpc) is 3.73. The van der Waals surface area contributed by atoms with Gasteiger partial charge in [-0.25, -0.2) is 0 Å². The van der Waals surface area contributed by atoms with Gasteiger partial charge >= 0.3 is 10.8 Å². The summed E-state index contributed by atoms with van der Waals surface area (Å²) in [4.78, 5) is 68.3. The van der Waals surface area contributed by atoms with Crippen LogP contribution in [0.15, 0.2) is 58.4 Å². The molecule has 3 heterocycles. The van der Waals surface area contributed by atoms with Crippen molar-refractivity contribution in [3.8, 4) is 5.75 Å². The SMILES string of the molecule is O=C(O)CCCN1C(=O)C2C3CC(C2C1=O)C1C3Sc2[nH]c(=O)sc2[C@@H]1c1cccc(OCC(=O)Nc2ccc(Cl)cc2)c1. The quantitative estimate of drug-likeness (QED) is 0.287. The number of likely N-dealkylation sites (tertiary alicyclic amines) is 1. The smallest absolute Gasteiger partial charge is 0.305 e. The fourth-order valence-electron chi connectivity index (χ4n) is 7.74. The third-order valence-electron chi connectivity index (χ3n) is 9.30. The molecular weight excluding hydrogens is 626 g/mol. The summed E-state index contributed by atoms with van der Waals surface area (Å²) in [6, 6.07) is 14.3. The van der Waals surface area contributed by atoms with Crippen LogP contribution < -0.4 is 14.9 Å². The number of ether oxygens (including phenoxy) is 1. The van der Waals surface area contributed by atoms with Crippen molar-refractivity contribution < 1.29 is 29.0 Å². The number of H-pyrrole nitrogens is 1. The highest BCUT2D eigenvalue weighted by molar-refractivity contribution is 8.00. The van der Waals surface area contributed by atoms with Gasteiger partial charge in [0.2, 0.25) is 11.8 Å². The molecule has 10 nitrogen and oxygen atoms in total. The molecule has 3 N–H and O–H groups in total. The number of anilines is 1. The molecule has 44 heavy (non-hydrogen) atoms. The monoisotopic (exact) mass is 653 g/mol. The number of carbonyl (C=O) groups is 4. The van der Waals surface area contributed by atoms with E-state index in [4.69, 9.17) is 21.4 Å². The molecule has 228 valence electrons. The lowest BCUT2D eigenvalue weighted by Gasteiger charge is -2.43. The first-order valence-corrected chi connectivity index (χ1v) is 16.5. The molecule has 7 rings (SSSR count). The number of thiazole rings is 1. The normalized spacial score (nSPS) is 28.0. The predicted molar refractivity (Wildman–Crippen MR) is 164 cm³/mol. The van der Waals surface area contributed by atoms with Crippen molar-refractivity contribution in [3.05, 3.63) is 73.7 Å². The van der Waals surface area contributed by atoms with E-state index in [1.807, 2.05) is 18.2 Å². The number of aromatic nitrogens is 1. The van der Waals surface area contributed by atoms with Gasteiger partial charge in [0.05, 0.1) is 16.9 Å². The maximum absolute atomic E-state index is 13.6. The number of aromatic amines is 1. The van der Waals surface area contributed by atoms with Crippen LogP contribution in [0.2, 0.25) is 5.02 Å². The van der Waals surface area contributed by atoms with E-state index in [-0.39, 0.29) is 77.5 Å². The summed E-state index contributed by atoms with van der Waals surface area (Å²) < 4.78 is 5.87. The van der Waals surface area contributed by atoms with Crippen molar-refractivity contribution in [2.75, 3.05) is 18.5 Å². The van der Waals surface area contributed by atoms with Gasteiger partial charge in [0.1, 0.15) is 5.75 Å². The Morgan fingerprint density at radius 2 is 1.82 bits per heavy atom. The zero-order chi connectivity index (χ0) is 30.7. The zero-order valence-electron chi connectivity index (χ0n) is 23.2. The third kappa shape index (κ3) is 5.02. The zero-order valence-corrected chi connectivity index (χ0v) is 25.6. The van der Waals surface area contributed by atoms with Gasteiger partial charge in [0.15, 0.2) is 6.61 Å². The Morgan fingerprint density at radius 1 is 1.07 bits per heavy atom. The summed E-state index contributed by atoms with van der Waals surface area (Å²) >= 11 is 8.70. The maximum Gasteiger partial charge on any atom is 0.305 e. The van der Waals surface area contributed by atoms with Crippen molar-refractivity contribution in [2.24, 2.45) is 29.6 Å². The molecule has 6 unspecified atom stereocenters. The number of halogens is 1. The third-order valence-corrected chi connectivity index (χ3v) is 12.1. The van der Waals surface area contributed by atoms with Crippen LogP contribution in [0.4, 0.5) is 5.69 Å². The van der Waals surface area contributed by atoms with Crippen molar-refractivity contribution in [3.63, 3.8) is 0 Å². The van der Waals surface area contributed by atoms with Crippen LogP contribution in [0.25, 0.3) is 0 Å². The molecule has 4 aliphatic rings. The van der Waals surface area contributed by atoms with Gasteiger partial charge in [-0.05, 0) is 72.6 Å². The predicted octanol–water partition coefficient (Wildman–Crippen LogP) is 4.45. The number of carboxylic acids is 1. The van der Waals surface area contributed by atoms with Crippen molar-refractivity contribution in [1.82, 2.24) is 9.88 Å². The Kier molecular flexibility index (Phi) is 7.54. The number of nitrogens with zero attached hydrogens (tertiary/aromatic N) is 1. The van der Waals surface area contributed by atoms with E-state index < -0.39 is 17.8 Å². The van der Waals surface area contributed by atoms with Crippen LogP contribution >= 0.6 is 34.7 Å². The molecule has 0 spiro atoms. The second-order valence-electron chi connectivity index (χ2n) is 11.7. The van der Waals surface area contributed by atoms with E-state index in [0.29, 0.717) is 16.5 Å². The van der Waals surface area contributed by atoms with E-state index in [9.17, 15) is 24.0 Å². The summed E-state index contributed by atoms with van der Waals surface area (Å²) in [5, 5.41) is 13.2. The first-order chi connectivity index (χ1) is 21.2. The number of rotatable bonds is 9. The first-order valence-electron chi connectivity index (χ1n) is 14.4. The van der Waals surface area contributed by atoms with Crippen molar-refractivity contribution in [1.29, 1.82) is 0 Å². The van der Waals surface area contributed by atoms with Crippen molar-refractivity contribution >= 4 is 64.1 Å². The molecule has 3 fully saturated rings. The lowest BCUT2D eigenvalue weighted by Crippen LogP contribution is -2.42. The molecular formula is C31H28ClN3O7S2. The van der Waals surface area contributed by atoms with E-state index in [2.05, 4.69) is 10.3 Å². The lowest BCUT2D eigenvalue weighted by atomic mass is 9.68. The summed E-state index contributed by atoms with van der Waals surface area (Å²) in [5.74, 6) is -2.24. The van der Waals surface area contributed by atoms with Crippen LogP contribution in [-0.4, -0.2) is 57.1 Å². The van der Waals surface area contributed by atoms with Crippen LogP contribution in [0.1, 0.15) is 35.6 Å². The fraction of sp³-hybridized carbons (Fsp3) is 0.387. The molecule has 13 heteroatoms. The van der Waals surface area contributed by atoms with Crippen LogP contribution in [0.5, 0.6) is 5.75 Å². The average molecular weight is 654 g/mol. The van der Waals surface area contributed by atoms with Crippen LogP contribution in [0.3, 0.4) is 0 Å². The summed E-state index contributed by atoms with van der Waals surface area (Å²) in [5.41, 5.74) is 1.53. The highest BCUT2D eigenvalue weighted by Crippen LogP contribution is 2.68. The van der Waals surface area contributed by atoms with Gasteiger partial charge in [-0.2, -0.15) is 0 Å². The number of fused-ring (bicyclic) bond motifs is 9. The number of carbonyl (C=O) groups excluding carboxylic acids is 3. The molecule has 7 atom stereocenters. The minimum atomic E-state index is -0.955. The molecule has 1 saturated heterocycles. The van der Waals surface area contributed by atoms with Crippen molar-refractivity contribution in [2.45, 2.75) is 35.5 Å². The number of nitrogens with one attached hydrogen (secondary N) is 2. The van der Waals surface area contributed by atoms with E-state index in [1.165, 1.54) is 16.2 Å². The lowest BCUT2D eigenvalue weighted by molar-refractivity contribution is -0.142. The molecule has 0 radical (unpaired) electrons. The molecule has 3 aromatic rings. The number of aliphatic carboxylic acids is 1. The van der Waals surface area contributed by atoms with Gasteiger partial charge in [0, 0.05) is 39.7 Å². The second-order valence-corrected chi connectivity index (χ2v) is 14.3. The number of amides is 3. The molecule has 2 aliphatic heterocycles. The molecule has 2 aromatic carbocycles. The number of benzene rings is 2. The highest BCUT2D eigenvalue weighted by Gasteiger charge is 2.69. The van der Waals surface area contributed by atoms with Gasteiger partial charge < -0.3 is 20.1 Å². The van der Waals surface area contributed by atoms with Gasteiger partial charge in [-0.3, -0.25) is 28.9 Å². The summed E-state index contributed by atoms with van der Waals surface area (Å²) in [7, 11) is 0. The van der Waals surface area contributed by atoms with Gasteiger partial charge in [0.25, 0.3) is 5.91 Å². The Labute approximate surface area is 265 Å². The second kappa shape index (κ2) is 11.4. The molecule has 2 bridgehead atoms. The first kappa shape index (κ1) is 29.1. The van der Waals surface area contributed by atoms with E-state index in [1.54, 1.807) is 42.1 Å².